The number of aliphatic hydroxyl groups is 1. The van der Waals surface area contributed by atoms with Gasteiger partial charge in [0.05, 0.1) is 29.5 Å². The molecule has 3 N–H and O–H groups in total. The summed E-state index contributed by atoms with van der Waals surface area (Å²) in [5, 5.41) is 51.5. The molecule has 2 aromatic carbocycles. The quantitative estimate of drug-likeness (QED) is 0.244. The Balaban J connectivity index is 1.27. The lowest BCUT2D eigenvalue weighted by atomic mass is 9.48. The van der Waals surface area contributed by atoms with Gasteiger partial charge in [-0.15, -0.1) is 0 Å². The van der Waals surface area contributed by atoms with E-state index >= 15 is 0 Å². The first-order valence-corrected chi connectivity index (χ1v) is 13.0. The van der Waals surface area contributed by atoms with Crippen LogP contribution in [0.4, 0.5) is 5.69 Å². The first-order valence-electron chi connectivity index (χ1n) is 13.0. The number of carbonyl (C=O) groups is 1. The number of piperidine rings is 1. The minimum absolute atomic E-state index is 0.00444. The predicted octanol–water partition coefficient (Wildman–Crippen LogP) is 2.68. The second-order valence-electron chi connectivity index (χ2n) is 11.6. The molecule has 10 nitrogen and oxygen atoms in total. The van der Waals surface area contributed by atoms with Gasteiger partial charge in [0, 0.05) is 42.0 Å². The molecule has 2 saturated carbocycles. The van der Waals surface area contributed by atoms with Crippen molar-refractivity contribution in [3.63, 3.8) is 0 Å². The van der Waals surface area contributed by atoms with E-state index in [0.717, 1.165) is 24.0 Å². The van der Waals surface area contributed by atoms with Gasteiger partial charge < -0.3 is 30.1 Å². The first-order chi connectivity index (χ1) is 17.7. The third-order valence-electron chi connectivity index (χ3n) is 9.71. The number of amides is 1. The first kappa shape index (κ1) is 22.9. The summed E-state index contributed by atoms with van der Waals surface area (Å²) in [7, 11) is 0. The fraction of sp³-hybridized carbons (Fsp3) is 0.519. The molecule has 2 aliphatic heterocycles. The van der Waals surface area contributed by atoms with Crippen LogP contribution < -0.4 is 10.1 Å². The second-order valence-corrected chi connectivity index (χ2v) is 11.6. The Morgan fingerprint density at radius 1 is 1.16 bits per heavy atom. The number of rotatable bonds is 5. The number of phenolic OH excluding ortho intramolecular Hbond substituents is 1. The second kappa shape index (κ2) is 7.43. The number of benzene rings is 2. The molecule has 0 aromatic heterocycles. The minimum atomic E-state index is -1.31. The highest BCUT2D eigenvalue weighted by Gasteiger charge is 2.76. The number of nitrogens with one attached hydrogen (secondary N) is 1. The summed E-state index contributed by atoms with van der Waals surface area (Å²) in [5.41, 5.74) is -0.303. The fourth-order valence-electron chi connectivity index (χ4n) is 7.89. The van der Waals surface area contributed by atoms with Crippen LogP contribution in [0.5, 0.6) is 11.5 Å². The summed E-state index contributed by atoms with van der Waals surface area (Å²) in [4.78, 5) is 23.6. The largest absolute Gasteiger partial charge is 0.632 e. The molecule has 2 bridgehead atoms. The lowest BCUT2D eigenvalue weighted by Crippen LogP contribution is -2.81. The average molecular weight is 508 g/mol. The summed E-state index contributed by atoms with van der Waals surface area (Å²) in [6.07, 6.45) is 3.08. The van der Waals surface area contributed by atoms with E-state index in [4.69, 9.17) is 4.74 Å². The number of aromatic hydroxyl groups is 1. The van der Waals surface area contributed by atoms with Gasteiger partial charge in [0.1, 0.15) is 17.7 Å². The number of carbonyl (C=O) groups excluding carboxylic acids is 1. The monoisotopic (exact) mass is 507 g/mol. The van der Waals surface area contributed by atoms with Crippen molar-refractivity contribution in [3.05, 3.63) is 68.4 Å². The van der Waals surface area contributed by atoms with Gasteiger partial charge >= 0.3 is 0 Å². The zero-order valence-corrected chi connectivity index (χ0v) is 20.3. The van der Waals surface area contributed by atoms with Crippen molar-refractivity contribution >= 4 is 11.6 Å². The van der Waals surface area contributed by atoms with Crippen LogP contribution in [0.15, 0.2) is 36.4 Å². The molecule has 1 saturated heterocycles. The van der Waals surface area contributed by atoms with E-state index in [2.05, 4.69) is 5.32 Å². The van der Waals surface area contributed by atoms with Crippen LogP contribution in [-0.2, 0) is 11.8 Å². The number of hydroxylamine groups is 3. The maximum atomic E-state index is 14.3. The molecule has 0 radical (unpaired) electrons. The molecule has 5 aliphatic rings. The number of likely N-dealkylation sites (tertiary alicyclic amines) is 1. The molecule has 37 heavy (non-hydrogen) atoms. The van der Waals surface area contributed by atoms with Crippen molar-refractivity contribution in [1.29, 1.82) is 0 Å². The van der Waals surface area contributed by atoms with Gasteiger partial charge in [0.2, 0.25) is 0 Å². The SMILES string of the molecule is O=C(N[C@@H]1CC[C@@]2(O)[C@H]3Cc4ccc(O)c5c4[C@@]2(CC[N+]3([O-])CC2CC2)[C@H]1O5)c1ccc([N+](=O)[O-])cc1. The summed E-state index contributed by atoms with van der Waals surface area (Å²) in [6.45, 7) is 0.885. The number of ether oxygens (including phenoxy) is 1. The van der Waals surface area contributed by atoms with E-state index in [1.807, 2.05) is 6.07 Å². The van der Waals surface area contributed by atoms with Crippen LogP contribution in [0.2, 0.25) is 0 Å². The zero-order chi connectivity index (χ0) is 25.7. The Kier molecular flexibility index (Phi) is 4.61. The zero-order valence-electron chi connectivity index (χ0n) is 20.3. The van der Waals surface area contributed by atoms with Crippen LogP contribution in [0, 0.1) is 21.2 Å². The van der Waals surface area contributed by atoms with Crippen molar-refractivity contribution in [2.24, 2.45) is 5.92 Å². The Morgan fingerprint density at radius 2 is 1.92 bits per heavy atom. The molecule has 1 unspecified atom stereocenters. The van der Waals surface area contributed by atoms with Crippen molar-refractivity contribution in [3.8, 4) is 11.5 Å². The van der Waals surface area contributed by atoms with E-state index < -0.39 is 44.7 Å². The molecule has 2 heterocycles. The third kappa shape index (κ3) is 3.00. The minimum Gasteiger partial charge on any atom is -0.632 e. The molecule has 7 rings (SSSR count). The smallest absolute Gasteiger partial charge is 0.269 e. The number of nitrogens with zero attached hydrogens (tertiary/aromatic N) is 2. The molecule has 1 spiro atoms. The van der Waals surface area contributed by atoms with Crippen molar-refractivity contribution in [2.75, 3.05) is 13.1 Å². The predicted molar refractivity (Wildman–Crippen MR) is 131 cm³/mol. The molecule has 3 aliphatic carbocycles. The van der Waals surface area contributed by atoms with E-state index in [1.54, 1.807) is 6.07 Å². The molecule has 6 atom stereocenters. The maximum absolute atomic E-state index is 14.3. The highest BCUT2D eigenvalue weighted by Crippen LogP contribution is 2.66. The highest BCUT2D eigenvalue weighted by molar-refractivity contribution is 5.94. The number of nitro benzene ring substituents is 1. The highest BCUT2D eigenvalue weighted by atomic mass is 16.6. The molecular formula is C27H29N3O7. The molecule has 194 valence electrons. The number of quaternary nitrogens is 1. The van der Waals surface area contributed by atoms with Crippen LogP contribution >= 0.6 is 0 Å². The Bertz CT molecular complexity index is 1330. The number of phenols is 1. The van der Waals surface area contributed by atoms with Gasteiger partial charge in [-0.3, -0.25) is 14.9 Å². The summed E-state index contributed by atoms with van der Waals surface area (Å²) in [6, 6.07) is 7.84. The Hall–Kier alpha value is -3.21. The molecule has 2 aromatic rings. The van der Waals surface area contributed by atoms with Gasteiger partial charge in [-0.25, -0.2) is 0 Å². The van der Waals surface area contributed by atoms with Gasteiger partial charge in [-0.1, -0.05) is 6.07 Å². The van der Waals surface area contributed by atoms with Crippen LogP contribution in [0.3, 0.4) is 0 Å². The molecule has 10 heteroatoms. The van der Waals surface area contributed by atoms with Crippen LogP contribution in [-0.4, -0.2) is 62.6 Å². The van der Waals surface area contributed by atoms with Gasteiger partial charge in [-0.2, -0.15) is 0 Å². The van der Waals surface area contributed by atoms with E-state index in [-0.39, 0.29) is 17.0 Å². The van der Waals surface area contributed by atoms with E-state index in [0.29, 0.717) is 50.4 Å². The normalized spacial score (nSPS) is 36.9. The van der Waals surface area contributed by atoms with Crippen molar-refractivity contribution in [1.82, 2.24) is 5.32 Å². The third-order valence-corrected chi connectivity index (χ3v) is 9.71. The van der Waals surface area contributed by atoms with E-state index in [1.165, 1.54) is 24.3 Å². The fourth-order valence-corrected chi connectivity index (χ4v) is 7.89. The molecule has 1 amide bonds. The Morgan fingerprint density at radius 3 is 2.62 bits per heavy atom. The number of hydrogen-bond acceptors (Lipinski definition) is 7. The average Bonchev–Trinajstić information content (AvgIpc) is 3.60. The summed E-state index contributed by atoms with van der Waals surface area (Å²) in [5.74, 6) is 0.371. The number of hydrogen-bond donors (Lipinski definition) is 3. The summed E-state index contributed by atoms with van der Waals surface area (Å²) >= 11 is 0. The van der Waals surface area contributed by atoms with Crippen molar-refractivity contribution < 1.29 is 29.3 Å². The van der Waals surface area contributed by atoms with Gasteiger partial charge in [-0.05, 0) is 49.4 Å². The standard InChI is InChI=1S/C27H29N3O7/c31-20-8-5-17-13-21-27(33)10-9-19(28-25(32)16-3-6-18(7-4-16)29(34)35)24-26(27,22(17)23(20)37-24)11-12-30(21,36)14-15-1-2-15/h3-8,15,19,21,24,31,33H,1-2,9-14H2,(H,28,32)/t19-,21-,24+,26+,27-,30?/m1/s1. The topological polar surface area (TPSA) is 145 Å². The Labute approximate surface area is 213 Å². The number of non-ortho nitro benzene ring substituents is 1. The van der Waals surface area contributed by atoms with Crippen LogP contribution in [0.25, 0.3) is 0 Å². The maximum Gasteiger partial charge on any atom is 0.269 e. The van der Waals surface area contributed by atoms with Crippen molar-refractivity contribution in [2.45, 2.75) is 67.7 Å². The van der Waals surface area contributed by atoms with E-state index in [9.17, 15) is 30.3 Å². The van der Waals surface area contributed by atoms with Crippen LogP contribution in [0.1, 0.15) is 53.6 Å². The molecule has 3 fully saturated rings. The van der Waals surface area contributed by atoms with Gasteiger partial charge in [0.15, 0.2) is 11.5 Å². The lowest BCUT2D eigenvalue weighted by Gasteiger charge is -2.68. The number of nitro groups is 1. The lowest BCUT2D eigenvalue weighted by molar-refractivity contribution is -0.924. The summed E-state index contributed by atoms with van der Waals surface area (Å²) < 4.78 is 6.02. The molecular weight excluding hydrogens is 478 g/mol. The van der Waals surface area contributed by atoms with Gasteiger partial charge in [0.25, 0.3) is 11.6 Å².